The van der Waals surface area contributed by atoms with Gasteiger partial charge < -0.3 is 0 Å². The maximum absolute atomic E-state index is 5.10. The van der Waals surface area contributed by atoms with E-state index in [0.717, 1.165) is 50.1 Å². The molecule has 0 spiro atoms. The van der Waals surface area contributed by atoms with Crippen molar-refractivity contribution in [1.82, 2.24) is 15.0 Å². The molecule has 3 nitrogen and oxygen atoms in total. The number of nitrogens with zero attached hydrogens (tertiary/aromatic N) is 3. The monoisotopic (exact) mass is 765 g/mol. The molecule has 60 heavy (non-hydrogen) atoms. The van der Waals surface area contributed by atoms with E-state index >= 15 is 0 Å². The van der Waals surface area contributed by atoms with Crippen molar-refractivity contribution in [3.8, 4) is 101 Å². The first-order valence-corrected chi connectivity index (χ1v) is 20.3. The van der Waals surface area contributed by atoms with Gasteiger partial charge in [-0.25, -0.2) is 15.0 Å². The minimum absolute atomic E-state index is 0.621. The SMILES string of the molecule is c1ccc(-c2ccc(-c3nc(-c4ccccc4)nc(-c4ccc(-c5cc(-c6ccccc6)c(-c6ccccc6)c(-c6ccccc6)c5-c5ccccc5)cc4)n3)cc2)cc1. The third-order valence-corrected chi connectivity index (χ3v) is 11.0. The molecule has 0 fully saturated rings. The van der Waals surface area contributed by atoms with Crippen LogP contribution in [0.25, 0.3) is 101 Å². The molecule has 1 heterocycles. The lowest BCUT2D eigenvalue weighted by Gasteiger charge is -2.24. The van der Waals surface area contributed by atoms with Crippen LogP contribution in [0.2, 0.25) is 0 Å². The Bertz CT molecular complexity index is 3010. The van der Waals surface area contributed by atoms with Crippen LogP contribution in [0.15, 0.2) is 237 Å². The van der Waals surface area contributed by atoms with Gasteiger partial charge in [-0.2, -0.15) is 0 Å². The van der Waals surface area contributed by atoms with Crippen LogP contribution < -0.4 is 0 Å². The molecule has 282 valence electrons. The van der Waals surface area contributed by atoms with E-state index in [0.29, 0.717) is 17.5 Å². The van der Waals surface area contributed by atoms with E-state index in [1.54, 1.807) is 0 Å². The molecule has 0 bridgehead atoms. The van der Waals surface area contributed by atoms with Crippen LogP contribution in [0.1, 0.15) is 0 Å². The summed E-state index contributed by atoms with van der Waals surface area (Å²) in [6.07, 6.45) is 0. The van der Waals surface area contributed by atoms with Crippen molar-refractivity contribution >= 4 is 0 Å². The fourth-order valence-electron chi connectivity index (χ4n) is 8.05. The lowest BCUT2D eigenvalue weighted by molar-refractivity contribution is 1.07. The predicted octanol–water partition coefficient (Wildman–Crippen LogP) is 14.9. The van der Waals surface area contributed by atoms with Crippen LogP contribution in [0, 0.1) is 0 Å². The summed E-state index contributed by atoms with van der Waals surface area (Å²) in [7, 11) is 0. The van der Waals surface area contributed by atoms with Crippen molar-refractivity contribution in [3.63, 3.8) is 0 Å². The van der Waals surface area contributed by atoms with Crippen LogP contribution in [0.3, 0.4) is 0 Å². The minimum atomic E-state index is 0.621. The molecule has 9 aromatic carbocycles. The van der Waals surface area contributed by atoms with Gasteiger partial charge in [0, 0.05) is 16.7 Å². The maximum atomic E-state index is 5.10. The fraction of sp³-hybridized carbons (Fsp3) is 0. The predicted molar refractivity (Wildman–Crippen MR) is 249 cm³/mol. The van der Waals surface area contributed by atoms with Crippen LogP contribution >= 0.6 is 0 Å². The largest absolute Gasteiger partial charge is 0.208 e. The third kappa shape index (κ3) is 7.32. The fourth-order valence-corrected chi connectivity index (χ4v) is 8.05. The molecule has 0 aliphatic carbocycles. The zero-order valence-electron chi connectivity index (χ0n) is 32.9. The number of hydrogen-bond donors (Lipinski definition) is 0. The van der Waals surface area contributed by atoms with Gasteiger partial charge in [0.25, 0.3) is 0 Å². The van der Waals surface area contributed by atoms with E-state index in [2.05, 4.69) is 200 Å². The Kier molecular flexibility index (Phi) is 9.97. The Morgan fingerprint density at radius 1 is 0.183 bits per heavy atom. The molecule has 1 aromatic heterocycles. The molecule has 0 aliphatic heterocycles. The van der Waals surface area contributed by atoms with E-state index in [1.165, 1.54) is 33.4 Å². The second kappa shape index (κ2) is 16.5. The highest BCUT2D eigenvalue weighted by Crippen LogP contribution is 2.50. The number of aromatic nitrogens is 3. The molecule has 0 N–H and O–H groups in total. The Hall–Kier alpha value is -8.01. The Balaban J connectivity index is 1.16. The van der Waals surface area contributed by atoms with E-state index in [1.807, 2.05) is 36.4 Å². The quantitative estimate of drug-likeness (QED) is 0.147. The summed E-state index contributed by atoms with van der Waals surface area (Å²) in [6, 6.07) is 83.2. The first kappa shape index (κ1) is 36.3. The second-order valence-electron chi connectivity index (χ2n) is 14.8. The van der Waals surface area contributed by atoms with E-state index in [-0.39, 0.29) is 0 Å². The molecule has 10 aromatic rings. The molecule has 0 saturated carbocycles. The average Bonchev–Trinajstić information content (AvgIpc) is 3.35. The summed E-state index contributed by atoms with van der Waals surface area (Å²) in [5.74, 6) is 1.88. The van der Waals surface area contributed by atoms with Crippen LogP contribution in [0.4, 0.5) is 0 Å². The van der Waals surface area contributed by atoms with Gasteiger partial charge in [-0.1, -0.05) is 231 Å². The first-order valence-electron chi connectivity index (χ1n) is 20.3. The van der Waals surface area contributed by atoms with E-state index < -0.39 is 0 Å². The van der Waals surface area contributed by atoms with Crippen LogP contribution in [-0.4, -0.2) is 15.0 Å². The van der Waals surface area contributed by atoms with Crippen LogP contribution in [-0.2, 0) is 0 Å². The zero-order chi connectivity index (χ0) is 40.1. The van der Waals surface area contributed by atoms with Crippen molar-refractivity contribution in [1.29, 1.82) is 0 Å². The van der Waals surface area contributed by atoms with Gasteiger partial charge in [0.2, 0.25) is 0 Å². The van der Waals surface area contributed by atoms with Gasteiger partial charge in [0.15, 0.2) is 17.5 Å². The molecule has 10 rings (SSSR count). The van der Waals surface area contributed by atoms with Gasteiger partial charge in [-0.3, -0.25) is 0 Å². The lowest BCUT2D eigenvalue weighted by atomic mass is 9.79. The smallest absolute Gasteiger partial charge is 0.164 e. The lowest BCUT2D eigenvalue weighted by Crippen LogP contribution is -2.00. The third-order valence-electron chi connectivity index (χ3n) is 11.0. The van der Waals surface area contributed by atoms with Gasteiger partial charge in [0.05, 0.1) is 0 Å². The Morgan fingerprint density at radius 2 is 0.417 bits per heavy atom. The minimum Gasteiger partial charge on any atom is -0.208 e. The molecule has 3 heteroatoms. The van der Waals surface area contributed by atoms with Crippen molar-refractivity contribution in [2.24, 2.45) is 0 Å². The number of hydrogen-bond acceptors (Lipinski definition) is 3. The normalized spacial score (nSPS) is 11.0. The molecule has 0 unspecified atom stereocenters. The van der Waals surface area contributed by atoms with Gasteiger partial charge in [-0.15, -0.1) is 0 Å². The highest BCUT2D eigenvalue weighted by atomic mass is 15.0. The molecule has 0 atom stereocenters. The van der Waals surface area contributed by atoms with Crippen molar-refractivity contribution in [2.75, 3.05) is 0 Å². The highest BCUT2D eigenvalue weighted by molar-refractivity contribution is 6.07. The number of rotatable bonds is 9. The maximum Gasteiger partial charge on any atom is 0.164 e. The van der Waals surface area contributed by atoms with Gasteiger partial charge >= 0.3 is 0 Å². The molecule has 0 radical (unpaired) electrons. The second-order valence-corrected chi connectivity index (χ2v) is 14.8. The van der Waals surface area contributed by atoms with E-state index in [9.17, 15) is 0 Å². The molecular weight excluding hydrogens is 727 g/mol. The molecule has 0 aliphatic rings. The van der Waals surface area contributed by atoms with Crippen LogP contribution in [0.5, 0.6) is 0 Å². The average molecular weight is 766 g/mol. The highest BCUT2D eigenvalue weighted by Gasteiger charge is 2.24. The summed E-state index contributed by atoms with van der Waals surface area (Å²) in [6.45, 7) is 0. The van der Waals surface area contributed by atoms with Gasteiger partial charge in [0.1, 0.15) is 0 Å². The Labute approximate surface area is 351 Å². The van der Waals surface area contributed by atoms with Crippen molar-refractivity contribution in [3.05, 3.63) is 237 Å². The molecular formula is C57H39N3. The van der Waals surface area contributed by atoms with Gasteiger partial charge in [-0.05, 0) is 72.8 Å². The van der Waals surface area contributed by atoms with Crippen molar-refractivity contribution in [2.45, 2.75) is 0 Å². The summed E-state index contributed by atoms with van der Waals surface area (Å²) >= 11 is 0. The summed E-state index contributed by atoms with van der Waals surface area (Å²) in [4.78, 5) is 15.2. The molecule has 0 saturated heterocycles. The zero-order valence-corrected chi connectivity index (χ0v) is 32.9. The summed E-state index contributed by atoms with van der Waals surface area (Å²) < 4.78 is 0. The van der Waals surface area contributed by atoms with E-state index in [4.69, 9.17) is 15.0 Å². The summed E-state index contributed by atoms with van der Waals surface area (Å²) in [5, 5.41) is 0. The summed E-state index contributed by atoms with van der Waals surface area (Å²) in [5.41, 5.74) is 16.7. The first-order chi connectivity index (χ1) is 29.8. The van der Waals surface area contributed by atoms with Crippen molar-refractivity contribution < 1.29 is 0 Å². The Morgan fingerprint density at radius 3 is 0.800 bits per heavy atom. The standard InChI is InChI=1S/C57H39N3/c1-7-19-40(20-8-1)41-31-35-48(36-32-41)56-58-55(47-29-17-6-18-30-47)59-57(60-56)49-37-33-43(34-38-49)51-39-50(42-21-9-2-10-22-42)52(44-23-11-3-12-24-44)54(46-27-15-5-16-28-46)53(51)45-25-13-4-14-26-45/h1-39H. The topological polar surface area (TPSA) is 38.7 Å². The molecule has 0 amide bonds. The number of benzene rings is 9.